The Morgan fingerprint density at radius 3 is 2.56 bits per heavy atom. The van der Waals surface area contributed by atoms with Crippen molar-refractivity contribution in [1.29, 1.82) is 0 Å². The van der Waals surface area contributed by atoms with Gasteiger partial charge in [-0.25, -0.2) is 9.67 Å². The van der Waals surface area contributed by atoms with Gasteiger partial charge in [-0.15, -0.1) is 0 Å². The van der Waals surface area contributed by atoms with E-state index < -0.39 is 0 Å². The van der Waals surface area contributed by atoms with Crippen molar-refractivity contribution in [2.24, 2.45) is 0 Å². The van der Waals surface area contributed by atoms with E-state index in [1.165, 1.54) is 0 Å². The van der Waals surface area contributed by atoms with E-state index in [-0.39, 0.29) is 6.61 Å². The van der Waals surface area contributed by atoms with Crippen LogP contribution in [0.3, 0.4) is 0 Å². The number of hydrogen-bond acceptors (Lipinski definition) is 5. The Labute approximate surface area is 190 Å². The van der Waals surface area contributed by atoms with Crippen LogP contribution in [-0.2, 0) is 6.61 Å². The van der Waals surface area contributed by atoms with Crippen LogP contribution in [0.1, 0.15) is 22.7 Å². The monoisotopic (exact) mass is 444 g/mol. The van der Waals surface area contributed by atoms with Gasteiger partial charge in [-0.2, -0.15) is 10.1 Å². The van der Waals surface area contributed by atoms with Gasteiger partial charge >= 0.3 is 0 Å². The van der Waals surface area contributed by atoms with Crippen LogP contribution < -0.4 is 4.74 Å². The van der Waals surface area contributed by atoms with Crippen molar-refractivity contribution in [3.63, 3.8) is 0 Å². The molecule has 5 aromatic rings. The van der Waals surface area contributed by atoms with Crippen molar-refractivity contribution in [3.8, 4) is 23.0 Å². The molecule has 0 radical (unpaired) electrons. The molecule has 7 heteroatoms. The third kappa shape index (κ3) is 3.74. The molecular formula is C25H21ClN4O2. The number of aryl methyl sites for hydroxylation is 3. The number of ether oxygens (including phenoxy) is 1. The second-order valence-electron chi connectivity index (χ2n) is 7.63. The molecule has 32 heavy (non-hydrogen) atoms. The predicted molar refractivity (Wildman–Crippen MR) is 124 cm³/mol. The van der Waals surface area contributed by atoms with Gasteiger partial charge in [0.2, 0.25) is 11.8 Å². The van der Waals surface area contributed by atoms with Gasteiger partial charge in [-0.3, -0.25) is 0 Å². The fraction of sp³-hybridized carbons (Fsp3) is 0.160. The highest BCUT2D eigenvalue weighted by molar-refractivity contribution is 6.30. The highest BCUT2D eigenvalue weighted by Gasteiger charge is 2.16. The third-order valence-electron chi connectivity index (χ3n) is 5.31. The highest BCUT2D eigenvalue weighted by atomic mass is 35.5. The van der Waals surface area contributed by atoms with E-state index in [2.05, 4.69) is 4.98 Å². The molecule has 6 nitrogen and oxygen atoms in total. The van der Waals surface area contributed by atoms with Gasteiger partial charge in [0, 0.05) is 22.0 Å². The zero-order valence-corrected chi connectivity index (χ0v) is 18.7. The van der Waals surface area contributed by atoms with Crippen LogP contribution >= 0.6 is 11.6 Å². The summed E-state index contributed by atoms with van der Waals surface area (Å²) in [6.07, 6.45) is 0. The Morgan fingerprint density at radius 1 is 0.969 bits per heavy atom. The van der Waals surface area contributed by atoms with Gasteiger partial charge in [-0.05, 0) is 56.7 Å². The Balaban J connectivity index is 1.45. The average Bonchev–Trinajstić information content (AvgIpc) is 3.33. The van der Waals surface area contributed by atoms with Gasteiger partial charge < -0.3 is 9.15 Å². The fourth-order valence-corrected chi connectivity index (χ4v) is 3.94. The maximum absolute atomic E-state index is 6.09. The molecule has 160 valence electrons. The standard InChI is InChI=1S/C25H21ClN4O2/c1-15-12-22(28-24-23(15)16(2)29-30(24)20-10-5-4-6-11-20)31-14-21-17(3)32-25(27-21)18-8-7-9-19(26)13-18/h4-13H,14H2,1-3H3. The first-order valence-corrected chi connectivity index (χ1v) is 10.6. The van der Waals surface area contributed by atoms with Crippen LogP contribution in [-0.4, -0.2) is 19.7 Å². The van der Waals surface area contributed by atoms with Gasteiger partial charge in [-0.1, -0.05) is 35.9 Å². The molecular weight excluding hydrogens is 424 g/mol. The maximum atomic E-state index is 6.09. The van der Waals surface area contributed by atoms with E-state index >= 15 is 0 Å². The zero-order chi connectivity index (χ0) is 22.2. The van der Waals surface area contributed by atoms with Crippen molar-refractivity contribution in [2.45, 2.75) is 27.4 Å². The number of nitrogens with zero attached hydrogens (tertiary/aromatic N) is 4. The number of oxazole rings is 1. The summed E-state index contributed by atoms with van der Waals surface area (Å²) in [5.41, 5.74) is 5.24. The van der Waals surface area contributed by atoms with Crippen LogP contribution in [0.2, 0.25) is 5.02 Å². The number of rotatable bonds is 5. The van der Waals surface area contributed by atoms with Gasteiger partial charge in [0.15, 0.2) is 5.65 Å². The fourth-order valence-electron chi connectivity index (χ4n) is 3.75. The number of hydrogen-bond donors (Lipinski definition) is 0. The molecule has 0 saturated heterocycles. The number of aromatic nitrogens is 4. The molecule has 0 aliphatic heterocycles. The number of benzene rings is 2. The average molecular weight is 445 g/mol. The van der Waals surface area contributed by atoms with Crippen molar-refractivity contribution < 1.29 is 9.15 Å². The van der Waals surface area contributed by atoms with E-state index in [0.29, 0.717) is 28.2 Å². The number of halogens is 1. The molecule has 5 rings (SSSR count). The SMILES string of the molecule is Cc1oc(-c2cccc(Cl)c2)nc1COc1cc(C)c2c(C)nn(-c3ccccc3)c2n1. The lowest BCUT2D eigenvalue weighted by Crippen LogP contribution is -2.02. The molecule has 2 aromatic carbocycles. The highest BCUT2D eigenvalue weighted by Crippen LogP contribution is 2.28. The van der Waals surface area contributed by atoms with Crippen molar-refractivity contribution in [2.75, 3.05) is 0 Å². The largest absolute Gasteiger partial charge is 0.471 e. The van der Waals surface area contributed by atoms with E-state index in [9.17, 15) is 0 Å². The first kappa shape index (κ1) is 20.3. The van der Waals surface area contributed by atoms with Gasteiger partial charge in [0.25, 0.3) is 0 Å². The van der Waals surface area contributed by atoms with E-state index in [1.807, 2.05) is 86.1 Å². The van der Waals surface area contributed by atoms with E-state index in [0.717, 1.165) is 33.5 Å². The molecule has 0 N–H and O–H groups in total. The molecule has 3 heterocycles. The molecule has 0 aliphatic rings. The van der Waals surface area contributed by atoms with Crippen LogP contribution in [0.4, 0.5) is 0 Å². The molecule has 0 aliphatic carbocycles. The molecule has 0 bridgehead atoms. The van der Waals surface area contributed by atoms with Crippen molar-refractivity contribution in [1.82, 2.24) is 19.7 Å². The molecule has 0 spiro atoms. The first-order valence-electron chi connectivity index (χ1n) is 10.3. The molecule has 0 fully saturated rings. The first-order chi connectivity index (χ1) is 15.5. The van der Waals surface area contributed by atoms with Crippen molar-refractivity contribution in [3.05, 3.63) is 88.4 Å². The van der Waals surface area contributed by atoms with Crippen LogP contribution in [0.5, 0.6) is 5.88 Å². The Bertz CT molecular complexity index is 1420. The summed E-state index contributed by atoms with van der Waals surface area (Å²) in [6.45, 7) is 6.15. The zero-order valence-electron chi connectivity index (χ0n) is 18.0. The summed E-state index contributed by atoms with van der Waals surface area (Å²) >= 11 is 6.09. The maximum Gasteiger partial charge on any atom is 0.226 e. The number of pyridine rings is 1. The summed E-state index contributed by atoms with van der Waals surface area (Å²) in [5.74, 6) is 1.72. The summed E-state index contributed by atoms with van der Waals surface area (Å²) in [6, 6.07) is 19.3. The summed E-state index contributed by atoms with van der Waals surface area (Å²) in [4.78, 5) is 9.35. The lowest BCUT2D eigenvalue weighted by atomic mass is 10.2. The third-order valence-corrected chi connectivity index (χ3v) is 5.54. The topological polar surface area (TPSA) is 66.0 Å². The molecule has 0 amide bonds. The van der Waals surface area contributed by atoms with E-state index in [4.69, 9.17) is 30.8 Å². The second kappa shape index (κ2) is 8.13. The normalized spacial score (nSPS) is 11.2. The van der Waals surface area contributed by atoms with Crippen LogP contribution in [0, 0.1) is 20.8 Å². The number of fused-ring (bicyclic) bond motifs is 1. The number of para-hydroxylation sites is 1. The lowest BCUT2D eigenvalue weighted by molar-refractivity contribution is 0.288. The Kier molecular flexibility index (Phi) is 5.15. The van der Waals surface area contributed by atoms with Gasteiger partial charge in [0.1, 0.15) is 18.1 Å². The Hall–Kier alpha value is -3.64. The second-order valence-corrected chi connectivity index (χ2v) is 8.07. The van der Waals surface area contributed by atoms with E-state index in [1.54, 1.807) is 0 Å². The lowest BCUT2D eigenvalue weighted by Gasteiger charge is -2.07. The minimum absolute atomic E-state index is 0.242. The minimum Gasteiger partial charge on any atom is -0.471 e. The van der Waals surface area contributed by atoms with Crippen LogP contribution in [0.15, 0.2) is 65.1 Å². The van der Waals surface area contributed by atoms with Crippen LogP contribution in [0.25, 0.3) is 28.2 Å². The summed E-state index contributed by atoms with van der Waals surface area (Å²) < 4.78 is 13.7. The quantitative estimate of drug-likeness (QED) is 0.321. The minimum atomic E-state index is 0.242. The molecule has 0 unspecified atom stereocenters. The smallest absolute Gasteiger partial charge is 0.226 e. The Morgan fingerprint density at radius 2 is 1.78 bits per heavy atom. The predicted octanol–water partition coefficient (Wildman–Crippen LogP) is 6.23. The summed E-state index contributed by atoms with van der Waals surface area (Å²) in [5, 5.41) is 6.36. The molecule has 0 atom stereocenters. The van der Waals surface area contributed by atoms with Gasteiger partial charge in [0.05, 0.1) is 11.4 Å². The molecule has 3 aromatic heterocycles. The molecule has 0 saturated carbocycles. The van der Waals surface area contributed by atoms with Crippen molar-refractivity contribution >= 4 is 22.6 Å². The summed E-state index contributed by atoms with van der Waals surface area (Å²) in [7, 11) is 0.